The van der Waals surface area contributed by atoms with E-state index < -0.39 is 11.9 Å². The van der Waals surface area contributed by atoms with Crippen LogP contribution in [0.5, 0.6) is 11.5 Å². The van der Waals surface area contributed by atoms with Crippen LogP contribution >= 0.6 is 0 Å². The van der Waals surface area contributed by atoms with Gasteiger partial charge in [0, 0.05) is 30.2 Å². The molecule has 7 nitrogen and oxygen atoms in total. The normalized spacial score (nSPS) is 11.1. The van der Waals surface area contributed by atoms with Gasteiger partial charge in [-0.3, -0.25) is 4.98 Å². The summed E-state index contributed by atoms with van der Waals surface area (Å²) in [5.74, 6) is 0.662. The van der Waals surface area contributed by atoms with Gasteiger partial charge in [-0.1, -0.05) is 0 Å². The molecule has 27 heavy (non-hydrogen) atoms. The van der Waals surface area contributed by atoms with Gasteiger partial charge in [-0.2, -0.15) is 13.2 Å². The Hall–Kier alpha value is -3.43. The number of rotatable bonds is 5. The zero-order valence-electron chi connectivity index (χ0n) is 14.3. The first-order valence-corrected chi connectivity index (χ1v) is 7.62. The van der Waals surface area contributed by atoms with E-state index in [-0.39, 0.29) is 17.3 Å². The average Bonchev–Trinajstić information content (AvgIpc) is 2.67. The summed E-state index contributed by atoms with van der Waals surface area (Å²) in [6.45, 7) is 0. The molecule has 3 rings (SSSR count). The monoisotopic (exact) mass is 377 g/mol. The van der Waals surface area contributed by atoms with E-state index in [2.05, 4.69) is 25.3 Å². The van der Waals surface area contributed by atoms with Gasteiger partial charge in [-0.05, 0) is 12.1 Å². The molecule has 0 aliphatic rings. The molecule has 0 aliphatic carbocycles. The van der Waals surface area contributed by atoms with Crippen LogP contribution in [-0.2, 0) is 6.18 Å². The Labute approximate surface area is 152 Å². The van der Waals surface area contributed by atoms with E-state index >= 15 is 0 Å². The molecule has 0 bridgehead atoms. The van der Waals surface area contributed by atoms with E-state index in [1.54, 1.807) is 18.2 Å². The fourth-order valence-corrected chi connectivity index (χ4v) is 2.25. The van der Waals surface area contributed by atoms with Crippen molar-refractivity contribution in [3.05, 3.63) is 48.5 Å². The smallest absolute Gasteiger partial charge is 0.433 e. The number of hydrogen-bond donors (Lipinski definition) is 1. The van der Waals surface area contributed by atoms with Gasteiger partial charge in [-0.25, -0.2) is 15.0 Å². The Bertz CT molecular complexity index is 936. The van der Waals surface area contributed by atoms with Crippen molar-refractivity contribution >= 4 is 11.5 Å². The second-order valence-electron chi connectivity index (χ2n) is 5.25. The molecule has 0 aliphatic heterocycles. The number of benzene rings is 1. The molecular formula is C17H14F3N5O2. The molecule has 0 spiro atoms. The molecule has 3 aromatic rings. The molecule has 0 saturated carbocycles. The molecule has 2 heterocycles. The number of methoxy groups -OCH3 is 2. The number of nitrogens with zero attached hydrogens (tertiary/aromatic N) is 4. The van der Waals surface area contributed by atoms with E-state index in [9.17, 15) is 13.2 Å². The first-order chi connectivity index (χ1) is 12.9. The highest BCUT2D eigenvalue weighted by atomic mass is 19.4. The number of hydrogen-bond acceptors (Lipinski definition) is 7. The van der Waals surface area contributed by atoms with Crippen molar-refractivity contribution in [2.24, 2.45) is 0 Å². The molecule has 0 amide bonds. The number of alkyl halides is 3. The van der Waals surface area contributed by atoms with Crippen molar-refractivity contribution in [3.63, 3.8) is 0 Å². The van der Waals surface area contributed by atoms with Crippen molar-refractivity contribution in [1.82, 2.24) is 19.9 Å². The Kier molecular flexibility index (Phi) is 5.06. The molecule has 1 N–H and O–H groups in total. The van der Waals surface area contributed by atoms with Crippen LogP contribution in [0.1, 0.15) is 5.69 Å². The Balaban J connectivity index is 2.02. The predicted molar refractivity (Wildman–Crippen MR) is 90.9 cm³/mol. The third kappa shape index (κ3) is 4.22. The van der Waals surface area contributed by atoms with E-state index in [0.29, 0.717) is 17.2 Å². The summed E-state index contributed by atoms with van der Waals surface area (Å²) in [4.78, 5) is 15.5. The van der Waals surface area contributed by atoms with Crippen molar-refractivity contribution in [2.75, 3.05) is 19.5 Å². The Morgan fingerprint density at radius 3 is 2.37 bits per heavy atom. The third-order valence-corrected chi connectivity index (χ3v) is 3.46. The number of ether oxygens (including phenoxy) is 2. The van der Waals surface area contributed by atoms with Crippen LogP contribution in [0.4, 0.5) is 24.7 Å². The van der Waals surface area contributed by atoms with Crippen LogP contribution in [0.15, 0.2) is 42.9 Å². The predicted octanol–water partition coefficient (Wildman–Crippen LogP) is 3.71. The molecule has 0 radical (unpaired) electrons. The first kappa shape index (κ1) is 18.4. The van der Waals surface area contributed by atoms with Crippen LogP contribution in [0, 0.1) is 0 Å². The molecule has 10 heteroatoms. The summed E-state index contributed by atoms with van der Waals surface area (Å²) in [6.07, 6.45) is -0.607. The van der Waals surface area contributed by atoms with Gasteiger partial charge in [0.25, 0.3) is 0 Å². The second kappa shape index (κ2) is 7.44. The van der Waals surface area contributed by atoms with Crippen LogP contribution in [-0.4, -0.2) is 34.2 Å². The summed E-state index contributed by atoms with van der Waals surface area (Å²) in [7, 11) is 2.94. The fourth-order valence-electron chi connectivity index (χ4n) is 2.25. The van der Waals surface area contributed by atoms with Gasteiger partial charge in [0.05, 0.1) is 20.4 Å². The van der Waals surface area contributed by atoms with E-state index in [0.717, 1.165) is 6.07 Å². The third-order valence-electron chi connectivity index (χ3n) is 3.46. The minimum absolute atomic E-state index is 0.0507. The lowest BCUT2D eigenvalue weighted by Crippen LogP contribution is -2.11. The number of anilines is 2. The van der Waals surface area contributed by atoms with Gasteiger partial charge in [0.1, 0.15) is 11.5 Å². The van der Waals surface area contributed by atoms with E-state index in [1.807, 2.05) is 0 Å². The van der Waals surface area contributed by atoms with Crippen molar-refractivity contribution in [3.8, 4) is 23.0 Å². The zero-order valence-corrected chi connectivity index (χ0v) is 14.3. The van der Waals surface area contributed by atoms with Crippen LogP contribution < -0.4 is 14.8 Å². The summed E-state index contributed by atoms with van der Waals surface area (Å²) in [5.41, 5.74) is -0.510. The molecule has 0 unspecified atom stereocenters. The zero-order chi connectivity index (χ0) is 19.4. The molecule has 140 valence electrons. The van der Waals surface area contributed by atoms with Gasteiger partial charge >= 0.3 is 6.18 Å². The first-order valence-electron chi connectivity index (χ1n) is 7.62. The highest BCUT2D eigenvalue weighted by molar-refractivity contribution is 5.63. The molecule has 1 aromatic carbocycles. The number of halogens is 3. The lowest BCUT2D eigenvalue weighted by molar-refractivity contribution is -0.141. The van der Waals surface area contributed by atoms with Crippen LogP contribution in [0.25, 0.3) is 11.5 Å². The molecule has 2 aromatic heterocycles. The topological polar surface area (TPSA) is 82.0 Å². The molecular weight excluding hydrogens is 363 g/mol. The maximum atomic E-state index is 13.2. The maximum absolute atomic E-state index is 13.2. The summed E-state index contributed by atoms with van der Waals surface area (Å²) < 4.78 is 50.0. The van der Waals surface area contributed by atoms with Crippen LogP contribution in [0.2, 0.25) is 0 Å². The average molecular weight is 377 g/mol. The summed E-state index contributed by atoms with van der Waals surface area (Å²) in [5, 5.41) is 2.82. The molecule has 0 atom stereocenters. The van der Waals surface area contributed by atoms with Crippen molar-refractivity contribution in [1.29, 1.82) is 0 Å². The SMILES string of the molecule is COc1ccc(Nc2cc(C(F)(F)F)nc(-c3cnccn3)n2)cc1OC. The minimum atomic E-state index is -4.64. The highest BCUT2D eigenvalue weighted by Crippen LogP contribution is 2.33. The minimum Gasteiger partial charge on any atom is -0.493 e. The van der Waals surface area contributed by atoms with Crippen LogP contribution in [0.3, 0.4) is 0 Å². The number of aromatic nitrogens is 4. The van der Waals surface area contributed by atoms with Crippen molar-refractivity contribution in [2.45, 2.75) is 6.18 Å². The second-order valence-corrected chi connectivity index (χ2v) is 5.25. The van der Waals surface area contributed by atoms with Gasteiger partial charge in [-0.15, -0.1) is 0 Å². The largest absolute Gasteiger partial charge is 0.493 e. The van der Waals surface area contributed by atoms with E-state index in [1.165, 1.54) is 32.8 Å². The lowest BCUT2D eigenvalue weighted by atomic mass is 10.2. The van der Waals surface area contributed by atoms with Gasteiger partial charge < -0.3 is 14.8 Å². The fraction of sp³-hybridized carbons (Fsp3) is 0.176. The standard InChI is InChI=1S/C17H14F3N5O2/c1-26-12-4-3-10(7-13(12)27-2)23-15-8-14(17(18,19)20)24-16(25-15)11-9-21-5-6-22-11/h3-9H,1-2H3,(H,23,24,25). The summed E-state index contributed by atoms with van der Waals surface area (Å²) in [6, 6.07) is 5.64. The van der Waals surface area contributed by atoms with Crippen molar-refractivity contribution < 1.29 is 22.6 Å². The maximum Gasteiger partial charge on any atom is 0.433 e. The highest BCUT2D eigenvalue weighted by Gasteiger charge is 2.34. The van der Waals surface area contributed by atoms with Gasteiger partial charge in [0.2, 0.25) is 0 Å². The Morgan fingerprint density at radius 1 is 0.963 bits per heavy atom. The summed E-state index contributed by atoms with van der Waals surface area (Å²) >= 11 is 0. The molecule has 0 saturated heterocycles. The van der Waals surface area contributed by atoms with Gasteiger partial charge in [0.15, 0.2) is 23.0 Å². The van der Waals surface area contributed by atoms with E-state index in [4.69, 9.17) is 9.47 Å². The number of nitrogens with one attached hydrogen (secondary N) is 1. The quantitative estimate of drug-likeness (QED) is 0.726. The Morgan fingerprint density at radius 2 is 1.74 bits per heavy atom. The lowest BCUT2D eigenvalue weighted by Gasteiger charge is -2.13. The molecule has 0 fully saturated rings.